The Kier molecular flexibility index (Phi) is 6.48. The Bertz CT molecular complexity index is 781. The molecule has 0 fully saturated rings. The van der Waals surface area contributed by atoms with E-state index in [2.05, 4.69) is 5.32 Å². The number of amides is 2. The van der Waals surface area contributed by atoms with Gasteiger partial charge >= 0.3 is 6.09 Å². The van der Waals surface area contributed by atoms with E-state index in [1.165, 1.54) is 4.90 Å². The van der Waals surface area contributed by atoms with Crippen LogP contribution in [-0.4, -0.2) is 32.3 Å². The Hall–Kier alpha value is -3.16. The number of rotatable bonds is 6. The third kappa shape index (κ3) is 5.17. The molecule has 2 rings (SSSR count). The van der Waals surface area contributed by atoms with Gasteiger partial charge in [-0.1, -0.05) is 0 Å². The number of anilines is 2. The van der Waals surface area contributed by atoms with Crippen LogP contribution in [0.4, 0.5) is 25.0 Å². The second-order valence-electron chi connectivity index (χ2n) is 5.22. The predicted molar refractivity (Wildman–Crippen MR) is 92.3 cm³/mol. The van der Waals surface area contributed by atoms with Gasteiger partial charge in [0.2, 0.25) is 0 Å². The predicted octanol–water partition coefficient (Wildman–Crippen LogP) is 3.58. The Labute approximate surface area is 149 Å². The number of hydrogen-bond acceptors (Lipinski definition) is 4. The van der Waals surface area contributed by atoms with Gasteiger partial charge in [-0.3, -0.25) is 9.69 Å². The summed E-state index contributed by atoms with van der Waals surface area (Å²) in [5, 5.41) is 2.57. The molecule has 0 aliphatic carbocycles. The third-order valence-corrected chi connectivity index (χ3v) is 3.33. The summed E-state index contributed by atoms with van der Waals surface area (Å²) in [6, 6.07) is 9.28. The monoisotopic (exact) mass is 364 g/mol. The highest BCUT2D eigenvalue weighted by Crippen LogP contribution is 2.19. The lowest BCUT2D eigenvalue weighted by molar-refractivity contribution is -0.118. The Balaban J connectivity index is 1.90. The van der Waals surface area contributed by atoms with E-state index in [0.29, 0.717) is 17.4 Å². The zero-order valence-corrected chi connectivity index (χ0v) is 14.3. The first kappa shape index (κ1) is 19.2. The maximum Gasteiger partial charge on any atom is 0.413 e. The van der Waals surface area contributed by atoms with Crippen molar-refractivity contribution >= 4 is 23.4 Å². The molecule has 8 heteroatoms. The Morgan fingerprint density at radius 3 is 2.42 bits per heavy atom. The van der Waals surface area contributed by atoms with Crippen LogP contribution >= 0.6 is 0 Å². The van der Waals surface area contributed by atoms with E-state index in [1.807, 2.05) is 0 Å². The fraction of sp³-hybridized carbons (Fsp3) is 0.222. The van der Waals surface area contributed by atoms with Crippen molar-refractivity contribution in [2.24, 2.45) is 0 Å². The van der Waals surface area contributed by atoms with E-state index < -0.39 is 30.2 Å². The molecule has 0 aromatic heterocycles. The number of carbonyl (C=O) groups excluding carboxylic acids is 2. The van der Waals surface area contributed by atoms with E-state index in [4.69, 9.17) is 9.47 Å². The third-order valence-electron chi connectivity index (χ3n) is 3.33. The molecule has 0 bridgehead atoms. The van der Waals surface area contributed by atoms with Gasteiger partial charge in [0.15, 0.2) is 18.2 Å². The maximum atomic E-state index is 13.4. The summed E-state index contributed by atoms with van der Waals surface area (Å²) in [5.41, 5.74) is 1.06. The van der Waals surface area contributed by atoms with Gasteiger partial charge in [-0.2, -0.15) is 0 Å². The van der Waals surface area contributed by atoms with Gasteiger partial charge in [0, 0.05) is 24.5 Å². The summed E-state index contributed by atoms with van der Waals surface area (Å²) in [4.78, 5) is 24.8. The van der Waals surface area contributed by atoms with E-state index in [1.54, 1.807) is 38.2 Å². The van der Waals surface area contributed by atoms with Crippen LogP contribution in [0.25, 0.3) is 0 Å². The van der Waals surface area contributed by atoms with Crippen LogP contribution in [0.2, 0.25) is 0 Å². The molecule has 0 saturated heterocycles. The standard InChI is InChI=1S/C18H18F2N2O4/c1-3-25-18(24)22(2)14-7-5-13(6-8-14)21-17(23)11-26-16-9-4-12(19)10-15(16)20/h4-10H,3,11H2,1-2H3,(H,21,23). The number of nitrogens with one attached hydrogen (secondary N) is 1. The van der Waals surface area contributed by atoms with Crippen molar-refractivity contribution in [1.82, 2.24) is 0 Å². The minimum absolute atomic E-state index is 0.215. The maximum absolute atomic E-state index is 13.4. The number of carbonyl (C=O) groups is 2. The number of halogens is 2. The molecule has 138 valence electrons. The van der Waals surface area contributed by atoms with Gasteiger partial charge in [0.1, 0.15) is 5.82 Å². The number of ether oxygens (including phenoxy) is 2. The zero-order valence-electron chi connectivity index (χ0n) is 14.3. The summed E-state index contributed by atoms with van der Waals surface area (Å²) < 4.78 is 36.2. The van der Waals surface area contributed by atoms with Crippen molar-refractivity contribution in [3.8, 4) is 5.75 Å². The molecule has 2 aromatic rings. The quantitative estimate of drug-likeness (QED) is 0.851. The smallest absolute Gasteiger partial charge is 0.413 e. The van der Waals surface area contributed by atoms with E-state index in [0.717, 1.165) is 12.1 Å². The zero-order chi connectivity index (χ0) is 19.1. The molecular formula is C18H18F2N2O4. The van der Waals surface area contributed by atoms with Crippen LogP contribution in [0.3, 0.4) is 0 Å². The van der Waals surface area contributed by atoms with Gasteiger partial charge in [0.05, 0.1) is 6.61 Å². The fourth-order valence-corrected chi connectivity index (χ4v) is 2.03. The molecule has 0 saturated carbocycles. The average molecular weight is 364 g/mol. The molecule has 1 N–H and O–H groups in total. The van der Waals surface area contributed by atoms with Crippen molar-refractivity contribution in [1.29, 1.82) is 0 Å². The fourth-order valence-electron chi connectivity index (χ4n) is 2.03. The van der Waals surface area contributed by atoms with Gasteiger partial charge in [0.25, 0.3) is 5.91 Å². The average Bonchev–Trinajstić information content (AvgIpc) is 2.61. The summed E-state index contributed by atoms with van der Waals surface area (Å²) in [6.07, 6.45) is -0.487. The van der Waals surface area contributed by atoms with Crippen LogP contribution in [0.15, 0.2) is 42.5 Å². The highest BCUT2D eigenvalue weighted by atomic mass is 19.1. The van der Waals surface area contributed by atoms with Crippen molar-refractivity contribution < 1.29 is 27.8 Å². The van der Waals surface area contributed by atoms with Crippen LogP contribution in [0, 0.1) is 11.6 Å². The lowest BCUT2D eigenvalue weighted by Crippen LogP contribution is -2.27. The van der Waals surface area contributed by atoms with E-state index in [9.17, 15) is 18.4 Å². The molecule has 0 aliphatic heterocycles. The first-order chi connectivity index (χ1) is 12.4. The first-order valence-corrected chi connectivity index (χ1v) is 7.79. The Morgan fingerprint density at radius 1 is 1.12 bits per heavy atom. The first-order valence-electron chi connectivity index (χ1n) is 7.79. The van der Waals surface area contributed by atoms with Crippen LogP contribution in [0.1, 0.15) is 6.92 Å². The highest BCUT2D eigenvalue weighted by Gasteiger charge is 2.12. The molecule has 2 amide bonds. The second kappa shape index (κ2) is 8.80. The van der Waals surface area contributed by atoms with Crippen molar-refractivity contribution in [2.75, 3.05) is 30.5 Å². The van der Waals surface area contributed by atoms with Gasteiger partial charge in [-0.15, -0.1) is 0 Å². The van der Waals surface area contributed by atoms with E-state index >= 15 is 0 Å². The van der Waals surface area contributed by atoms with Gasteiger partial charge in [-0.25, -0.2) is 13.6 Å². The molecule has 0 unspecified atom stereocenters. The van der Waals surface area contributed by atoms with Crippen molar-refractivity contribution in [3.05, 3.63) is 54.1 Å². The molecule has 26 heavy (non-hydrogen) atoms. The molecule has 0 radical (unpaired) electrons. The summed E-state index contributed by atoms with van der Waals surface area (Å²) >= 11 is 0. The highest BCUT2D eigenvalue weighted by molar-refractivity contribution is 5.92. The van der Waals surface area contributed by atoms with Crippen LogP contribution < -0.4 is 15.0 Å². The summed E-state index contributed by atoms with van der Waals surface area (Å²) in [6.45, 7) is 1.54. The molecule has 6 nitrogen and oxygen atoms in total. The number of benzene rings is 2. The van der Waals surface area contributed by atoms with Gasteiger partial charge in [-0.05, 0) is 43.3 Å². The Morgan fingerprint density at radius 2 is 1.81 bits per heavy atom. The summed E-state index contributed by atoms with van der Waals surface area (Å²) in [5.74, 6) is -2.34. The molecule has 0 aliphatic rings. The lowest BCUT2D eigenvalue weighted by Gasteiger charge is -2.17. The van der Waals surface area contributed by atoms with Crippen LogP contribution in [0.5, 0.6) is 5.75 Å². The minimum atomic E-state index is -0.885. The molecule has 0 atom stereocenters. The van der Waals surface area contributed by atoms with E-state index in [-0.39, 0.29) is 12.4 Å². The largest absolute Gasteiger partial charge is 0.481 e. The number of nitrogens with zero attached hydrogens (tertiary/aromatic N) is 1. The lowest BCUT2D eigenvalue weighted by atomic mass is 10.2. The van der Waals surface area contributed by atoms with Gasteiger partial charge < -0.3 is 14.8 Å². The minimum Gasteiger partial charge on any atom is -0.481 e. The van der Waals surface area contributed by atoms with Crippen LogP contribution in [-0.2, 0) is 9.53 Å². The second-order valence-corrected chi connectivity index (χ2v) is 5.22. The van der Waals surface area contributed by atoms with Crippen molar-refractivity contribution in [3.63, 3.8) is 0 Å². The molecular weight excluding hydrogens is 346 g/mol. The summed E-state index contributed by atoms with van der Waals surface area (Å²) in [7, 11) is 1.57. The topological polar surface area (TPSA) is 67.9 Å². The normalized spacial score (nSPS) is 10.2. The molecule has 2 aromatic carbocycles. The molecule has 0 spiro atoms. The molecule has 0 heterocycles. The SMILES string of the molecule is CCOC(=O)N(C)c1ccc(NC(=O)COc2ccc(F)cc2F)cc1. The number of hydrogen-bond donors (Lipinski definition) is 1. The van der Waals surface area contributed by atoms with Crippen molar-refractivity contribution in [2.45, 2.75) is 6.92 Å².